The molecule has 1 N–H and O–H groups in total. The number of nitrogens with zero attached hydrogens (tertiary/aromatic N) is 1. The van der Waals surface area contributed by atoms with Gasteiger partial charge in [-0.3, -0.25) is 4.79 Å². The maximum Gasteiger partial charge on any atom is 0.224 e. The lowest BCUT2D eigenvalue weighted by atomic mass is 10.0. The third kappa shape index (κ3) is 3.03. The van der Waals surface area contributed by atoms with Gasteiger partial charge in [-0.15, -0.1) is 0 Å². The summed E-state index contributed by atoms with van der Waals surface area (Å²) in [4.78, 5) is 14.9. The Morgan fingerprint density at radius 2 is 2.14 bits per heavy atom. The molecular formula is C18H26N2O2. The van der Waals surface area contributed by atoms with Crippen LogP contribution in [-0.2, 0) is 16.1 Å². The molecule has 2 aliphatic rings. The van der Waals surface area contributed by atoms with E-state index in [1.165, 1.54) is 11.1 Å². The highest BCUT2D eigenvalue weighted by Gasteiger charge is 2.33. The van der Waals surface area contributed by atoms with Crippen molar-refractivity contribution in [2.75, 3.05) is 13.2 Å². The Kier molecular flexibility index (Phi) is 4.79. The van der Waals surface area contributed by atoms with Crippen LogP contribution in [0.2, 0.25) is 0 Å². The number of rotatable bonds is 4. The summed E-state index contributed by atoms with van der Waals surface area (Å²) in [5.41, 5.74) is 2.60. The van der Waals surface area contributed by atoms with Gasteiger partial charge in [0, 0.05) is 25.6 Å². The number of ether oxygens (including phenoxy) is 1. The van der Waals surface area contributed by atoms with Gasteiger partial charge in [0.05, 0.1) is 18.8 Å². The van der Waals surface area contributed by atoms with Crippen molar-refractivity contribution in [3.63, 3.8) is 0 Å². The maximum atomic E-state index is 12.8. The van der Waals surface area contributed by atoms with Crippen LogP contribution in [-0.4, -0.2) is 36.1 Å². The van der Waals surface area contributed by atoms with Crippen molar-refractivity contribution in [1.82, 2.24) is 10.2 Å². The van der Waals surface area contributed by atoms with E-state index >= 15 is 0 Å². The van der Waals surface area contributed by atoms with Crippen LogP contribution < -0.4 is 5.32 Å². The van der Waals surface area contributed by atoms with Gasteiger partial charge in [-0.1, -0.05) is 38.1 Å². The van der Waals surface area contributed by atoms with Crippen molar-refractivity contribution in [1.29, 1.82) is 0 Å². The van der Waals surface area contributed by atoms with E-state index in [9.17, 15) is 4.79 Å². The molecule has 0 aromatic heterocycles. The molecule has 0 radical (unpaired) electrons. The molecule has 2 heterocycles. The van der Waals surface area contributed by atoms with E-state index in [1.807, 2.05) is 0 Å². The number of benzene rings is 1. The number of fused-ring (bicyclic) bond motifs is 1. The number of nitrogens with one attached hydrogen (secondary N) is 1. The number of amides is 1. The van der Waals surface area contributed by atoms with Crippen molar-refractivity contribution in [3.05, 3.63) is 35.4 Å². The number of hydrogen-bond acceptors (Lipinski definition) is 3. The number of morpholine rings is 1. The van der Waals surface area contributed by atoms with Crippen LogP contribution >= 0.6 is 0 Å². The van der Waals surface area contributed by atoms with E-state index in [1.54, 1.807) is 0 Å². The third-order valence-electron chi connectivity index (χ3n) is 4.96. The summed E-state index contributed by atoms with van der Waals surface area (Å²) in [5.74, 6) is 0.253. The van der Waals surface area contributed by atoms with Crippen LogP contribution in [0.25, 0.3) is 0 Å². The lowest BCUT2D eigenvalue weighted by Gasteiger charge is -2.39. The molecule has 1 aromatic carbocycles. The molecule has 1 fully saturated rings. The van der Waals surface area contributed by atoms with Crippen LogP contribution in [0.15, 0.2) is 24.3 Å². The monoisotopic (exact) mass is 302 g/mol. The average molecular weight is 302 g/mol. The molecule has 2 aliphatic heterocycles. The quantitative estimate of drug-likeness (QED) is 0.929. The zero-order chi connectivity index (χ0) is 15.5. The first-order chi connectivity index (χ1) is 10.7. The lowest BCUT2D eigenvalue weighted by Crippen LogP contribution is -2.52. The molecule has 1 saturated heterocycles. The number of hydrogen-bond donors (Lipinski definition) is 1. The summed E-state index contributed by atoms with van der Waals surface area (Å²) in [5, 5.41) is 3.47. The summed E-state index contributed by atoms with van der Waals surface area (Å²) < 4.78 is 5.83. The van der Waals surface area contributed by atoms with E-state index in [0.29, 0.717) is 13.0 Å². The van der Waals surface area contributed by atoms with E-state index in [4.69, 9.17) is 4.74 Å². The molecule has 0 aliphatic carbocycles. The second kappa shape index (κ2) is 6.80. The Bertz CT molecular complexity index is 532. The molecule has 3 atom stereocenters. The summed E-state index contributed by atoms with van der Waals surface area (Å²) in [6, 6.07) is 8.78. The predicted octanol–water partition coefficient (Wildman–Crippen LogP) is 2.64. The van der Waals surface area contributed by atoms with Gasteiger partial charge < -0.3 is 15.0 Å². The Morgan fingerprint density at radius 1 is 1.32 bits per heavy atom. The van der Waals surface area contributed by atoms with E-state index < -0.39 is 0 Å². The largest absolute Gasteiger partial charge is 0.374 e. The van der Waals surface area contributed by atoms with Gasteiger partial charge in [0.25, 0.3) is 0 Å². The molecule has 1 amide bonds. The number of carbonyl (C=O) groups excluding carboxylic acids is 1. The van der Waals surface area contributed by atoms with Crippen LogP contribution in [0.5, 0.6) is 0 Å². The minimum atomic E-state index is 0.157. The highest BCUT2D eigenvalue weighted by Crippen LogP contribution is 2.29. The fraction of sp³-hybridized carbons (Fsp3) is 0.611. The highest BCUT2D eigenvalue weighted by atomic mass is 16.5. The van der Waals surface area contributed by atoms with Gasteiger partial charge in [-0.25, -0.2) is 0 Å². The predicted molar refractivity (Wildman–Crippen MR) is 86.5 cm³/mol. The van der Waals surface area contributed by atoms with Crippen LogP contribution in [0, 0.1) is 0 Å². The number of carbonyl (C=O) groups is 1. The summed E-state index contributed by atoms with van der Waals surface area (Å²) in [6.07, 6.45) is 2.65. The second-order valence-corrected chi connectivity index (χ2v) is 6.31. The summed E-state index contributed by atoms with van der Waals surface area (Å²) >= 11 is 0. The van der Waals surface area contributed by atoms with Crippen LogP contribution in [0.4, 0.5) is 0 Å². The smallest absolute Gasteiger partial charge is 0.224 e. The molecule has 0 bridgehead atoms. The third-order valence-corrected chi connectivity index (χ3v) is 4.96. The average Bonchev–Trinajstić information content (AvgIpc) is 2.97. The van der Waals surface area contributed by atoms with E-state index in [0.717, 1.165) is 25.9 Å². The molecule has 3 rings (SSSR count). The standard InChI is InChI=1S/C18H26N2O2/c1-3-14-12-22-15(4-2)11-20(14)18(21)9-17-16-8-6-5-7-13(16)10-19-17/h5-8,14-15,17,19H,3-4,9-12H2,1-2H3. The zero-order valence-electron chi connectivity index (χ0n) is 13.5. The molecule has 3 unspecified atom stereocenters. The van der Waals surface area contributed by atoms with Gasteiger partial charge in [-0.2, -0.15) is 0 Å². The fourth-order valence-corrected chi connectivity index (χ4v) is 3.50. The molecule has 1 aromatic rings. The fourth-order valence-electron chi connectivity index (χ4n) is 3.50. The van der Waals surface area contributed by atoms with Crippen LogP contribution in [0.1, 0.15) is 50.3 Å². The van der Waals surface area contributed by atoms with Gasteiger partial charge >= 0.3 is 0 Å². The Hall–Kier alpha value is -1.39. The molecule has 4 heteroatoms. The Morgan fingerprint density at radius 3 is 2.91 bits per heavy atom. The minimum Gasteiger partial charge on any atom is -0.374 e. The molecule has 120 valence electrons. The highest BCUT2D eigenvalue weighted by molar-refractivity contribution is 5.77. The summed E-state index contributed by atoms with van der Waals surface area (Å²) in [6.45, 7) is 6.53. The maximum absolute atomic E-state index is 12.8. The summed E-state index contributed by atoms with van der Waals surface area (Å²) in [7, 11) is 0. The second-order valence-electron chi connectivity index (χ2n) is 6.31. The normalized spacial score (nSPS) is 27.7. The van der Waals surface area contributed by atoms with E-state index in [2.05, 4.69) is 48.3 Å². The van der Waals surface area contributed by atoms with Gasteiger partial charge in [0.2, 0.25) is 5.91 Å². The topological polar surface area (TPSA) is 41.6 Å². The first-order valence-electron chi connectivity index (χ1n) is 8.45. The first-order valence-corrected chi connectivity index (χ1v) is 8.45. The van der Waals surface area contributed by atoms with Gasteiger partial charge in [0.15, 0.2) is 0 Å². The van der Waals surface area contributed by atoms with Crippen molar-refractivity contribution in [2.45, 2.75) is 57.8 Å². The van der Waals surface area contributed by atoms with Gasteiger partial charge in [-0.05, 0) is 24.0 Å². The molecular weight excluding hydrogens is 276 g/mol. The van der Waals surface area contributed by atoms with Crippen molar-refractivity contribution in [3.8, 4) is 0 Å². The Labute approximate surface area is 132 Å². The lowest BCUT2D eigenvalue weighted by molar-refractivity contribution is -0.146. The van der Waals surface area contributed by atoms with Crippen molar-refractivity contribution in [2.24, 2.45) is 0 Å². The minimum absolute atomic E-state index is 0.157. The zero-order valence-corrected chi connectivity index (χ0v) is 13.5. The van der Waals surface area contributed by atoms with E-state index in [-0.39, 0.29) is 24.1 Å². The molecule has 4 nitrogen and oxygen atoms in total. The molecule has 0 spiro atoms. The van der Waals surface area contributed by atoms with Crippen molar-refractivity contribution < 1.29 is 9.53 Å². The van der Waals surface area contributed by atoms with Gasteiger partial charge in [0.1, 0.15) is 0 Å². The van der Waals surface area contributed by atoms with Crippen molar-refractivity contribution >= 4 is 5.91 Å². The van der Waals surface area contributed by atoms with Crippen LogP contribution in [0.3, 0.4) is 0 Å². The molecule has 0 saturated carbocycles. The Balaban J connectivity index is 1.68. The first kappa shape index (κ1) is 15.5. The molecule has 22 heavy (non-hydrogen) atoms. The SMILES string of the molecule is CCC1CN(C(=O)CC2NCc3ccccc32)C(CC)CO1.